The van der Waals surface area contributed by atoms with Crippen LogP contribution in [0.4, 0.5) is 27.6 Å². The zero-order valence-electron chi connectivity index (χ0n) is 77.3. The van der Waals surface area contributed by atoms with Gasteiger partial charge in [-0.25, -0.2) is 76.3 Å². The van der Waals surface area contributed by atoms with Crippen molar-refractivity contribution in [3.63, 3.8) is 0 Å². The second kappa shape index (κ2) is 42.6. The third-order valence-electron chi connectivity index (χ3n) is 28.6. The normalized spacial score (nSPS) is 31.0. The molecule has 20 atom stereocenters. The van der Waals surface area contributed by atoms with Gasteiger partial charge in [-0.3, -0.25) is 14.4 Å². The summed E-state index contributed by atoms with van der Waals surface area (Å²) >= 11 is 0. The Balaban J connectivity index is 0.000000186. The number of carbonyl (C=O) groups is 6. The Labute approximate surface area is 796 Å². The predicted octanol–water partition coefficient (Wildman–Crippen LogP) is 15.7. The molecule has 33 heteroatoms. The number of nitrogens with one attached hydrogen (secondary N) is 3. The molecule has 6 aromatic rings. The number of alkyl carbamates (subject to hydrolysis) is 3. The maximum atomic E-state index is 14.1. The van der Waals surface area contributed by atoms with E-state index in [9.17, 15) is 56.3 Å². The summed E-state index contributed by atoms with van der Waals surface area (Å²) in [7, 11) is 0. The Morgan fingerprint density at radius 3 is 1.12 bits per heavy atom. The number of ether oxygens (including phenoxy) is 6. The summed E-state index contributed by atoms with van der Waals surface area (Å²) in [6.45, 7) is 27.0. The van der Waals surface area contributed by atoms with Crippen molar-refractivity contribution in [1.29, 1.82) is 0 Å². The molecule has 6 aliphatic heterocycles. The van der Waals surface area contributed by atoms with Crippen molar-refractivity contribution >= 4 is 88.0 Å². The van der Waals surface area contributed by atoms with E-state index in [-0.39, 0.29) is 123 Å². The number of hydrogen-bond acceptors (Lipinski definition) is 21. The first-order valence-corrected chi connectivity index (χ1v) is 46.3. The molecule has 3 radical (unpaired) electrons. The summed E-state index contributed by atoms with van der Waals surface area (Å²) in [5.74, 6) is -0.491. The van der Waals surface area contributed by atoms with Crippen LogP contribution in [0.3, 0.4) is 0 Å². The molecule has 16 rings (SSSR count). The molecule has 6 bridgehead atoms. The number of hydrogen-bond donors (Lipinski definition) is 3. The van der Waals surface area contributed by atoms with E-state index in [2.05, 4.69) is 49.8 Å². The van der Waals surface area contributed by atoms with E-state index in [4.69, 9.17) is 43.4 Å². The molecule has 3 aromatic carbocycles. The Bertz CT molecular complexity index is 4980. The fourth-order valence-electron chi connectivity index (χ4n) is 21.1. The molecule has 7 fully saturated rings. The van der Waals surface area contributed by atoms with E-state index in [0.29, 0.717) is 124 Å². The third-order valence-corrected chi connectivity index (χ3v) is 28.6. The van der Waals surface area contributed by atoms with Crippen molar-refractivity contribution in [2.75, 3.05) is 19.6 Å². The Morgan fingerprint density at radius 1 is 0.408 bits per heavy atom. The van der Waals surface area contributed by atoms with Crippen LogP contribution in [0.15, 0.2) is 54.6 Å². The minimum atomic E-state index is -0.937. The number of fused-ring (bicyclic) bond motifs is 17. The fraction of sp³-hybridized carbons (Fsp3) is 0.660. The van der Waals surface area contributed by atoms with Gasteiger partial charge in [-0.05, 0) is 204 Å². The number of rotatable bonds is 6. The van der Waals surface area contributed by atoms with E-state index in [1.807, 2.05) is 96.9 Å². The smallest absolute Gasteiger partial charge is 0.408 e. The van der Waals surface area contributed by atoms with Crippen molar-refractivity contribution in [3.8, 4) is 17.6 Å². The van der Waals surface area contributed by atoms with E-state index in [0.717, 1.165) is 109 Å². The van der Waals surface area contributed by atoms with Gasteiger partial charge < -0.3 is 73.5 Å². The SMILES string of the molecule is CC[C@@H]1[C@@H]2CN(C(=O)[C@H](C(C)(C)C)NC(=O)O[C@@H]3CC4CC4[C@H]3CCCCCc3nc4ccc(F)cc4nc3O2)[C@@H]1[C-]=O.CC[C@@H]1[C@@H]2CN(C(=O)[C@H](C(C)(C)C)NC(=O)O[C@]3(C)CCC[C@H]3CCCCCc3nc4ccc(F)cc4nc3O2)[C@@H]1[C-]=O.CC[C@@H]1[C@@H]2CN(C(=O)[C@H](C(C)(C)C)NC(=O)O[C@]3(C)C[C@H]3CCCCCc3nc4ccc(F)cc4nc3O2)[C@@H]1[C-]=O.[V].[V].[V]. The topological polar surface area (TPSA) is 332 Å². The van der Waals surface area contributed by atoms with Crippen LogP contribution in [0.25, 0.3) is 33.1 Å². The molecule has 4 aliphatic carbocycles. The second-order valence-corrected chi connectivity index (χ2v) is 40.7. The minimum Gasteiger partial charge on any atom is -0.540 e. The van der Waals surface area contributed by atoms with Crippen LogP contribution in [0.5, 0.6) is 17.6 Å². The van der Waals surface area contributed by atoms with Crippen molar-refractivity contribution < 1.29 is 140 Å². The molecule has 703 valence electrons. The maximum absolute atomic E-state index is 14.1. The average molecular weight is 1910 g/mol. The van der Waals surface area contributed by atoms with Crippen LogP contribution >= 0.6 is 0 Å². The van der Waals surface area contributed by atoms with Gasteiger partial charge in [0.15, 0.2) is 0 Å². The summed E-state index contributed by atoms with van der Waals surface area (Å²) in [6.07, 6.45) is 23.0. The van der Waals surface area contributed by atoms with E-state index in [1.165, 1.54) is 57.5 Å². The molecule has 9 heterocycles. The zero-order chi connectivity index (χ0) is 90.9. The first-order valence-electron chi connectivity index (χ1n) is 46.3. The van der Waals surface area contributed by atoms with Crippen LogP contribution in [-0.2, 0) is 118 Å². The van der Waals surface area contributed by atoms with Gasteiger partial charge in [-0.1, -0.05) is 159 Å². The predicted molar refractivity (Wildman–Crippen MR) is 468 cm³/mol. The van der Waals surface area contributed by atoms with Crippen LogP contribution in [-0.4, -0.2) is 191 Å². The van der Waals surface area contributed by atoms with Gasteiger partial charge in [0.05, 0.1) is 52.7 Å². The summed E-state index contributed by atoms with van der Waals surface area (Å²) in [4.78, 5) is 152. The molecular formula is C97H126F3N12O15V3-3. The molecule has 2 unspecified atom stereocenters. The van der Waals surface area contributed by atoms with Crippen molar-refractivity contribution in [2.24, 2.45) is 63.6 Å². The van der Waals surface area contributed by atoms with Crippen molar-refractivity contribution in [3.05, 3.63) is 89.1 Å². The van der Waals surface area contributed by atoms with Gasteiger partial charge in [0, 0.05) is 79.8 Å². The van der Waals surface area contributed by atoms with Gasteiger partial charge >= 0.3 is 18.3 Å². The van der Waals surface area contributed by atoms with Crippen LogP contribution in [0, 0.1) is 81.0 Å². The molecule has 10 aliphatic rings. The largest absolute Gasteiger partial charge is 0.540 e. The zero-order valence-corrected chi connectivity index (χ0v) is 81.5. The number of benzene rings is 3. The minimum absolute atomic E-state index is 0. The Morgan fingerprint density at radius 2 is 0.754 bits per heavy atom. The molecule has 6 amide bonds. The maximum Gasteiger partial charge on any atom is 0.408 e. The molecule has 27 nitrogen and oxygen atoms in total. The second-order valence-electron chi connectivity index (χ2n) is 40.7. The van der Waals surface area contributed by atoms with Crippen molar-refractivity contribution in [1.82, 2.24) is 60.6 Å². The number of nitrogens with zero attached hydrogens (tertiary/aromatic N) is 9. The van der Waals surface area contributed by atoms with Crippen LogP contribution in [0.1, 0.15) is 249 Å². The van der Waals surface area contributed by atoms with Gasteiger partial charge in [0.2, 0.25) is 35.4 Å². The molecule has 3 saturated heterocycles. The number of halogens is 3. The molecule has 3 aromatic heterocycles. The van der Waals surface area contributed by atoms with Gasteiger partial charge in [-0.2, -0.15) is 0 Å². The summed E-state index contributed by atoms with van der Waals surface area (Å²) in [5, 5.41) is 8.56. The number of aryl methyl sites for hydroxylation is 3. The average Bonchev–Trinajstić information content (AvgIpc) is 1.60. The van der Waals surface area contributed by atoms with Gasteiger partial charge in [0.1, 0.15) is 88.3 Å². The van der Waals surface area contributed by atoms with E-state index in [1.54, 1.807) is 18.2 Å². The monoisotopic (exact) mass is 1910 g/mol. The number of amides is 6. The molecular weight excluding hydrogens is 1780 g/mol. The molecule has 0 spiro atoms. The van der Waals surface area contributed by atoms with Crippen LogP contribution < -0.4 is 30.2 Å². The van der Waals surface area contributed by atoms with Crippen LogP contribution in [0.2, 0.25) is 0 Å². The standard InChI is InChI=1S/C33H42FN4O5.C33H44FN4O5.C31H40FN4O5.3V/c1-5-20-26(17-39)38-16-28(20)42-30-24(35-23-12-11-19(34)15-25(23)36-30)10-8-6-7-9-21-22-13-18(22)14-27(21)43-32(41)37-29(31(38)40)33(2,3)4;1-6-22-26(19-39)38-18-27(22)42-29-24(35-23-15-14-21(34)17-25(23)36-29)13-9-7-8-11-20-12-10-16-33(20,5)43-31(41)37-28(30(38)40)32(2,3)4;1-6-20-24(17-37)36-16-25(20)40-27-22(33-21-13-12-19(32)14-23(21)34-27)11-9-7-8-10-18-15-31(18,5)41-29(39)35-26(28(36)38)30(2,3)4;;;/h11-12,15,18,20-22,26-29H,5-10,13-14,16H2,1-4H3,(H,37,41);14-15,17,20,22,26-28H,6-13,16,18H2,1-5H3,(H,37,41);12-14,18,20,24-26H,6-11,15-16H2,1-5H3,(H,35,39);;;/q3*-1;;;/t18?,20-,21+,22?,26+,27+,28-,29+;20-,22+,26-,27+,28-,33-;18-,20+,24-,25+,26-,31-;;;/m011.../s1. The quantitative estimate of drug-likeness (QED) is 0.103. The first-order chi connectivity index (χ1) is 60.4. The summed E-state index contributed by atoms with van der Waals surface area (Å²) < 4.78 is 79.6. The summed E-state index contributed by atoms with van der Waals surface area (Å²) in [5.41, 5.74) is 1.84. The fourth-order valence-corrected chi connectivity index (χ4v) is 21.1. The molecule has 3 N–H and O–H groups in total. The Hall–Kier alpha value is -8.15. The van der Waals surface area contributed by atoms with Crippen molar-refractivity contribution in [2.45, 2.75) is 323 Å². The Kier molecular flexibility index (Phi) is 33.6. The number of aromatic nitrogens is 6. The van der Waals surface area contributed by atoms with Gasteiger partial charge in [0.25, 0.3) is 0 Å². The van der Waals surface area contributed by atoms with E-state index < -0.39 is 124 Å². The molecule has 130 heavy (non-hydrogen) atoms. The van der Waals surface area contributed by atoms with E-state index >= 15 is 0 Å². The first kappa shape index (κ1) is 102. The third kappa shape index (κ3) is 23.1. The molecule has 4 saturated carbocycles. The number of carbonyl (C=O) groups excluding carboxylic acids is 9. The van der Waals surface area contributed by atoms with Gasteiger partial charge in [-0.15, -0.1) is 0 Å². The summed E-state index contributed by atoms with van der Waals surface area (Å²) in [6, 6.07) is 7.60.